The van der Waals surface area contributed by atoms with Gasteiger partial charge >= 0.3 is 0 Å². The number of aromatic hydroxyl groups is 1. The first-order valence-corrected chi connectivity index (χ1v) is 23.2. The van der Waals surface area contributed by atoms with E-state index in [0.29, 0.717) is 29.9 Å². The molecule has 0 spiro atoms. The average molecular weight is 942 g/mol. The quantitative estimate of drug-likeness (QED) is 0.0434. The number of carbonyl (C=O) groups is 7. The number of aliphatic hydroxyl groups is 1. The number of fused-ring (bicyclic) bond motifs is 1. The van der Waals surface area contributed by atoms with Gasteiger partial charge in [0.25, 0.3) is 0 Å². The number of aromatic nitrogens is 3. The molecule has 368 valence electrons. The van der Waals surface area contributed by atoms with Crippen LogP contribution in [0.25, 0.3) is 10.9 Å². The van der Waals surface area contributed by atoms with Gasteiger partial charge in [-0.3, -0.25) is 33.6 Å². The van der Waals surface area contributed by atoms with Crippen LogP contribution in [-0.2, 0) is 52.8 Å². The molecule has 1 fully saturated rings. The van der Waals surface area contributed by atoms with E-state index in [-0.39, 0.29) is 62.1 Å². The molecule has 1 aliphatic heterocycles. The second kappa shape index (κ2) is 25.4. The van der Waals surface area contributed by atoms with Crippen molar-refractivity contribution in [2.24, 2.45) is 11.8 Å². The lowest BCUT2D eigenvalue weighted by molar-refractivity contribution is -0.136. The molecule has 2 aromatic carbocycles. The van der Waals surface area contributed by atoms with Crippen molar-refractivity contribution >= 4 is 52.3 Å². The Morgan fingerprint density at radius 3 is 1.79 bits per heavy atom. The van der Waals surface area contributed by atoms with Crippen molar-refractivity contribution in [1.29, 1.82) is 0 Å². The van der Waals surface area contributed by atoms with Crippen LogP contribution < -0.4 is 37.2 Å². The minimum atomic E-state index is -1.60. The SMILES string of the molecule is CN[C@@H](Cc1cnc[nH]1)C(=O)NC(Cc1c[nH]c2ccccc12)C(=O)NC(CO)C(=O)NC(Cc1ccc(O)cc1)C(=O)NC(CC(C)C)C(=O)NC(CC(C)C)C(=O)NCC(=O)N1CCCC1. The van der Waals surface area contributed by atoms with Crippen molar-refractivity contribution in [3.05, 3.63) is 84.1 Å². The van der Waals surface area contributed by atoms with Gasteiger partial charge in [-0.2, -0.15) is 0 Å². The van der Waals surface area contributed by atoms with E-state index in [1.54, 1.807) is 36.5 Å². The van der Waals surface area contributed by atoms with Crippen LogP contribution in [0, 0.1) is 11.8 Å². The molecule has 20 heteroatoms. The van der Waals surface area contributed by atoms with Gasteiger partial charge in [0.15, 0.2) is 0 Å². The number of hydrogen-bond acceptors (Lipinski definition) is 11. The van der Waals surface area contributed by atoms with Gasteiger partial charge in [0.05, 0.1) is 25.5 Å². The molecule has 20 nitrogen and oxygen atoms in total. The summed E-state index contributed by atoms with van der Waals surface area (Å²) in [5, 5.41) is 40.5. The van der Waals surface area contributed by atoms with Crippen LogP contribution in [0.3, 0.4) is 0 Å². The van der Waals surface area contributed by atoms with Crippen LogP contribution in [0.4, 0.5) is 0 Å². The molecule has 68 heavy (non-hydrogen) atoms. The summed E-state index contributed by atoms with van der Waals surface area (Å²) in [6.07, 6.45) is 7.08. The van der Waals surface area contributed by atoms with E-state index in [0.717, 1.165) is 23.7 Å². The number of phenolic OH excluding ortho intramolecular Hbond substituents is 1. The molecule has 11 N–H and O–H groups in total. The first-order chi connectivity index (χ1) is 32.5. The number of nitrogens with one attached hydrogen (secondary N) is 9. The highest BCUT2D eigenvalue weighted by Gasteiger charge is 2.34. The third-order valence-corrected chi connectivity index (χ3v) is 11.8. The highest BCUT2D eigenvalue weighted by atomic mass is 16.3. The number of aromatic amines is 2. The summed E-state index contributed by atoms with van der Waals surface area (Å²) in [5.41, 5.74) is 2.71. The summed E-state index contributed by atoms with van der Waals surface area (Å²) in [4.78, 5) is 108. The van der Waals surface area contributed by atoms with Gasteiger partial charge in [-0.1, -0.05) is 58.0 Å². The number of likely N-dealkylation sites (tertiary alicyclic amines) is 1. The Hall–Kier alpha value is -6.80. The van der Waals surface area contributed by atoms with Crippen LogP contribution >= 0.6 is 0 Å². The number of H-pyrrole nitrogens is 2. The second-order valence-corrected chi connectivity index (χ2v) is 18.1. The minimum absolute atomic E-state index is 0.00342. The maximum absolute atomic E-state index is 14.3. The monoisotopic (exact) mass is 942 g/mol. The normalized spacial score (nSPS) is 15.2. The van der Waals surface area contributed by atoms with Gasteiger partial charge in [0.1, 0.15) is 36.0 Å². The predicted octanol–water partition coefficient (Wildman–Crippen LogP) is 0.460. The lowest BCUT2D eigenvalue weighted by atomic mass is 9.99. The van der Waals surface area contributed by atoms with E-state index in [4.69, 9.17) is 0 Å². The largest absolute Gasteiger partial charge is 0.508 e. The number of hydrogen-bond donors (Lipinski definition) is 11. The molecule has 5 unspecified atom stereocenters. The Morgan fingerprint density at radius 1 is 0.662 bits per heavy atom. The smallest absolute Gasteiger partial charge is 0.245 e. The zero-order chi connectivity index (χ0) is 49.3. The summed E-state index contributed by atoms with van der Waals surface area (Å²) >= 11 is 0. The standard InChI is InChI=1S/C48H67N11O9/c1-28(2)18-37(43(63)52-25-42(62)59-16-8-9-17-59)54-45(65)38(19-29(3)4)55-46(66)39(20-30-12-14-33(61)15-13-30)56-48(68)41(26-60)58-47(67)40(21-31-23-51-35-11-7-6-10-34(31)35)57-44(64)36(49-5)22-32-24-50-27-53-32/h6-7,10-15,23-24,27-29,36-41,49,51,60-61H,8-9,16-22,25-26H2,1-5H3,(H,50,53)(H,52,63)(H,54,65)(H,55,66)(H,56,68)(H,57,64)(H,58,67)/t36-,37?,38?,39?,40?,41?/m0/s1. The molecule has 2 aromatic heterocycles. The van der Waals surface area contributed by atoms with E-state index in [1.165, 1.54) is 18.5 Å². The number of nitrogens with zero attached hydrogens (tertiary/aromatic N) is 2. The van der Waals surface area contributed by atoms with Gasteiger partial charge < -0.3 is 62.3 Å². The van der Waals surface area contributed by atoms with E-state index in [9.17, 15) is 43.8 Å². The van der Waals surface area contributed by atoms with E-state index >= 15 is 0 Å². The molecule has 7 amide bonds. The first-order valence-electron chi connectivity index (χ1n) is 23.2. The van der Waals surface area contributed by atoms with Gasteiger partial charge in [0, 0.05) is 61.3 Å². The number of amides is 7. The molecule has 6 atom stereocenters. The fraction of sp³-hybridized carbons (Fsp3) is 0.500. The third kappa shape index (κ3) is 15.4. The lowest BCUT2D eigenvalue weighted by Crippen LogP contribution is -2.61. The molecule has 5 rings (SSSR count). The van der Waals surface area contributed by atoms with Crippen LogP contribution in [0.2, 0.25) is 0 Å². The van der Waals surface area contributed by atoms with Crippen molar-refractivity contribution in [2.45, 2.75) is 109 Å². The van der Waals surface area contributed by atoms with Gasteiger partial charge in [0.2, 0.25) is 41.4 Å². The molecule has 0 bridgehead atoms. The Kier molecular flexibility index (Phi) is 19.5. The average Bonchev–Trinajstić information content (AvgIpc) is 4.12. The van der Waals surface area contributed by atoms with E-state index < -0.39 is 78.3 Å². The molecular formula is C48H67N11O9. The highest BCUT2D eigenvalue weighted by molar-refractivity contribution is 5.97. The molecule has 1 saturated heterocycles. The summed E-state index contributed by atoms with van der Waals surface area (Å²) in [6, 6.07) is 6.16. The maximum Gasteiger partial charge on any atom is 0.245 e. The van der Waals surface area contributed by atoms with Gasteiger partial charge in [-0.05, 0) is 73.9 Å². The van der Waals surface area contributed by atoms with Crippen LogP contribution in [0.15, 0.2) is 67.3 Å². The van der Waals surface area contributed by atoms with Gasteiger partial charge in [-0.15, -0.1) is 0 Å². The number of phenols is 1. The molecule has 3 heterocycles. The number of carbonyl (C=O) groups excluding carboxylic acids is 7. The van der Waals surface area contributed by atoms with Crippen molar-refractivity contribution in [2.75, 3.05) is 33.3 Å². The molecular weight excluding hydrogens is 875 g/mol. The molecule has 1 aliphatic rings. The van der Waals surface area contributed by atoms with Crippen molar-refractivity contribution in [3.63, 3.8) is 0 Å². The van der Waals surface area contributed by atoms with Crippen molar-refractivity contribution in [1.82, 2.24) is 57.1 Å². The number of benzene rings is 2. The Bertz CT molecular complexity index is 2310. The fourth-order valence-corrected chi connectivity index (χ4v) is 8.07. The van der Waals surface area contributed by atoms with E-state index in [2.05, 4.69) is 52.2 Å². The Labute approximate surface area is 396 Å². The number of likely N-dealkylation sites (N-methyl/N-ethyl adjacent to an activating group) is 1. The van der Waals surface area contributed by atoms with Crippen molar-refractivity contribution < 1.29 is 43.8 Å². The highest BCUT2D eigenvalue weighted by Crippen LogP contribution is 2.20. The summed E-state index contributed by atoms with van der Waals surface area (Å²) < 4.78 is 0. The van der Waals surface area contributed by atoms with Crippen LogP contribution in [0.5, 0.6) is 5.75 Å². The van der Waals surface area contributed by atoms with Crippen LogP contribution in [0.1, 0.15) is 70.2 Å². The van der Waals surface area contributed by atoms with Gasteiger partial charge in [-0.25, -0.2) is 4.98 Å². The van der Waals surface area contributed by atoms with Crippen LogP contribution in [-0.4, -0.2) is 141 Å². The number of aliphatic hydroxyl groups excluding tert-OH is 1. The molecule has 0 radical (unpaired) electrons. The fourth-order valence-electron chi connectivity index (χ4n) is 8.07. The third-order valence-electron chi connectivity index (χ3n) is 11.8. The van der Waals surface area contributed by atoms with E-state index in [1.807, 2.05) is 52.0 Å². The molecule has 0 saturated carbocycles. The second-order valence-electron chi connectivity index (χ2n) is 18.1. The molecule has 0 aliphatic carbocycles. The number of rotatable bonds is 25. The lowest BCUT2D eigenvalue weighted by Gasteiger charge is -2.28. The predicted molar refractivity (Wildman–Crippen MR) is 253 cm³/mol. The minimum Gasteiger partial charge on any atom is -0.508 e. The first kappa shape index (κ1) is 52.2. The zero-order valence-corrected chi connectivity index (χ0v) is 39.4. The molecule has 4 aromatic rings. The zero-order valence-electron chi connectivity index (χ0n) is 39.4. The maximum atomic E-state index is 14.3. The summed E-state index contributed by atoms with van der Waals surface area (Å²) in [5.74, 6) is -4.60. The topological polar surface area (TPSA) is 292 Å². The summed E-state index contributed by atoms with van der Waals surface area (Å²) in [6.45, 7) is 7.62. The Morgan fingerprint density at radius 2 is 1.21 bits per heavy atom. The Balaban J connectivity index is 1.33. The number of imidazole rings is 1. The van der Waals surface area contributed by atoms with Crippen molar-refractivity contribution in [3.8, 4) is 5.75 Å². The number of para-hydroxylation sites is 1. The summed E-state index contributed by atoms with van der Waals surface area (Å²) in [7, 11) is 1.60.